The number of likely N-dealkylation sites (tertiary alicyclic amines) is 1. The van der Waals surface area contributed by atoms with Crippen molar-refractivity contribution < 1.29 is 21.6 Å². The first-order valence-electron chi connectivity index (χ1n) is 9.67. The molecule has 3 rings (SSSR count). The summed E-state index contributed by atoms with van der Waals surface area (Å²) >= 11 is 0. The van der Waals surface area contributed by atoms with Gasteiger partial charge in [-0.1, -0.05) is 6.42 Å². The Morgan fingerprint density at radius 1 is 1.00 bits per heavy atom. The molecule has 0 amide bonds. The van der Waals surface area contributed by atoms with E-state index in [4.69, 9.17) is 0 Å². The highest BCUT2D eigenvalue weighted by Gasteiger charge is 2.35. The Morgan fingerprint density at radius 2 is 1.67 bits per heavy atom. The van der Waals surface area contributed by atoms with Crippen molar-refractivity contribution in [2.45, 2.75) is 51.6 Å². The van der Waals surface area contributed by atoms with E-state index in [0.29, 0.717) is 19.6 Å². The Hall–Kier alpha value is -1.12. The number of rotatable bonds is 5. The lowest BCUT2D eigenvalue weighted by Gasteiger charge is -2.43. The largest absolute Gasteiger partial charge is 0.296 e. The molecule has 2 aliphatic heterocycles. The van der Waals surface area contributed by atoms with E-state index in [0.717, 1.165) is 44.2 Å². The van der Waals surface area contributed by atoms with Gasteiger partial charge in [0.15, 0.2) is 11.6 Å². The molecule has 1 atom stereocenters. The zero-order valence-electron chi connectivity index (χ0n) is 15.6. The quantitative estimate of drug-likeness (QED) is 0.705. The van der Waals surface area contributed by atoms with Crippen molar-refractivity contribution >= 4 is 10.0 Å². The van der Waals surface area contributed by atoms with Crippen molar-refractivity contribution in [3.05, 3.63) is 35.1 Å². The van der Waals surface area contributed by atoms with Crippen LogP contribution in [0.25, 0.3) is 0 Å². The Labute approximate surface area is 159 Å². The molecule has 8 heteroatoms. The predicted octanol–water partition coefficient (Wildman–Crippen LogP) is 3.52. The van der Waals surface area contributed by atoms with Crippen molar-refractivity contribution in [1.82, 2.24) is 9.21 Å². The first-order chi connectivity index (χ1) is 12.8. The van der Waals surface area contributed by atoms with E-state index in [9.17, 15) is 21.6 Å². The second kappa shape index (κ2) is 8.49. The summed E-state index contributed by atoms with van der Waals surface area (Å²) in [7, 11) is -3.17. The molecule has 0 saturated carbocycles. The van der Waals surface area contributed by atoms with Gasteiger partial charge in [-0.3, -0.25) is 4.90 Å². The first kappa shape index (κ1) is 20.6. The van der Waals surface area contributed by atoms with Crippen LogP contribution in [0.5, 0.6) is 0 Å². The third-order valence-electron chi connectivity index (χ3n) is 5.97. The predicted molar refractivity (Wildman–Crippen MR) is 98.1 cm³/mol. The summed E-state index contributed by atoms with van der Waals surface area (Å²) in [6.45, 7) is 3.40. The van der Waals surface area contributed by atoms with Crippen LogP contribution in [0.3, 0.4) is 0 Å². The molecule has 0 spiro atoms. The number of nitrogens with zero attached hydrogens (tertiary/aromatic N) is 2. The maximum atomic E-state index is 14.1. The van der Waals surface area contributed by atoms with Gasteiger partial charge in [0.2, 0.25) is 10.0 Å². The Bertz CT molecular complexity index is 764. The second-order valence-electron chi connectivity index (χ2n) is 7.49. The van der Waals surface area contributed by atoms with E-state index in [-0.39, 0.29) is 29.8 Å². The third kappa shape index (κ3) is 4.49. The fourth-order valence-corrected chi connectivity index (χ4v) is 5.52. The van der Waals surface area contributed by atoms with Crippen LogP contribution in [0.2, 0.25) is 0 Å². The van der Waals surface area contributed by atoms with Crippen molar-refractivity contribution in [2.75, 3.05) is 25.4 Å². The smallest absolute Gasteiger partial charge is 0.213 e. The Morgan fingerprint density at radius 3 is 2.33 bits per heavy atom. The molecular weight excluding hydrogens is 377 g/mol. The lowest BCUT2D eigenvalue weighted by atomic mass is 9.84. The average Bonchev–Trinajstić information content (AvgIpc) is 2.68. The number of halogens is 3. The first-order valence-corrected chi connectivity index (χ1v) is 11.3. The molecule has 4 nitrogen and oxygen atoms in total. The SMILES string of the molecule is CCS(=O)(=O)N1CCC(C2CCCCN2Cc2c(F)ccc(F)c2F)CC1. The van der Waals surface area contributed by atoms with Crippen LogP contribution in [0.1, 0.15) is 44.6 Å². The summed E-state index contributed by atoms with van der Waals surface area (Å²) < 4.78 is 67.3. The van der Waals surface area contributed by atoms with Crippen molar-refractivity contribution in [1.29, 1.82) is 0 Å². The molecule has 152 valence electrons. The van der Waals surface area contributed by atoms with Crippen LogP contribution in [0.4, 0.5) is 13.2 Å². The van der Waals surface area contributed by atoms with Gasteiger partial charge in [-0.25, -0.2) is 25.9 Å². The minimum Gasteiger partial charge on any atom is -0.296 e. The molecule has 2 saturated heterocycles. The molecule has 27 heavy (non-hydrogen) atoms. The summed E-state index contributed by atoms with van der Waals surface area (Å²) in [6.07, 6.45) is 4.40. The zero-order chi connectivity index (χ0) is 19.6. The van der Waals surface area contributed by atoms with Gasteiger partial charge in [0.05, 0.1) is 5.75 Å². The van der Waals surface area contributed by atoms with Gasteiger partial charge in [-0.05, 0) is 57.2 Å². The van der Waals surface area contributed by atoms with Crippen LogP contribution in [-0.4, -0.2) is 49.1 Å². The lowest BCUT2D eigenvalue weighted by Crippen LogP contribution is -2.48. The maximum absolute atomic E-state index is 14.1. The maximum Gasteiger partial charge on any atom is 0.213 e. The van der Waals surface area contributed by atoms with Crippen LogP contribution in [0, 0.1) is 23.4 Å². The van der Waals surface area contributed by atoms with Crippen LogP contribution >= 0.6 is 0 Å². The number of hydrogen-bond acceptors (Lipinski definition) is 3. The molecule has 2 aliphatic rings. The van der Waals surface area contributed by atoms with E-state index in [1.807, 2.05) is 0 Å². The summed E-state index contributed by atoms with van der Waals surface area (Å²) in [5, 5.41) is 0. The van der Waals surface area contributed by atoms with Crippen LogP contribution in [0.15, 0.2) is 12.1 Å². The summed E-state index contributed by atoms with van der Waals surface area (Å²) in [5.74, 6) is -2.47. The van der Waals surface area contributed by atoms with Gasteiger partial charge in [-0.2, -0.15) is 0 Å². The molecule has 2 fully saturated rings. The molecule has 1 unspecified atom stereocenters. The highest BCUT2D eigenvalue weighted by Crippen LogP contribution is 2.33. The highest BCUT2D eigenvalue weighted by atomic mass is 32.2. The molecule has 2 heterocycles. The van der Waals surface area contributed by atoms with E-state index < -0.39 is 27.5 Å². The van der Waals surface area contributed by atoms with Gasteiger partial charge < -0.3 is 0 Å². The van der Waals surface area contributed by atoms with Gasteiger partial charge >= 0.3 is 0 Å². The Balaban J connectivity index is 1.71. The van der Waals surface area contributed by atoms with Crippen LogP contribution < -0.4 is 0 Å². The molecule has 0 aromatic heterocycles. The standard InChI is InChI=1S/C19H27F3N2O2S/c1-2-27(25,26)24-11-8-14(9-12-24)18-5-3-4-10-23(18)13-15-16(20)6-7-17(21)19(15)22/h6-7,14,18H,2-5,8-13H2,1H3. The number of sulfonamides is 1. The molecular formula is C19H27F3N2O2S. The van der Waals surface area contributed by atoms with Crippen molar-refractivity contribution in [2.24, 2.45) is 5.92 Å². The molecule has 1 aromatic rings. The topological polar surface area (TPSA) is 40.6 Å². The van der Waals surface area contributed by atoms with Gasteiger partial charge in [0.25, 0.3) is 0 Å². The summed E-state index contributed by atoms with van der Waals surface area (Å²) in [4.78, 5) is 2.05. The van der Waals surface area contributed by atoms with E-state index in [2.05, 4.69) is 4.90 Å². The monoisotopic (exact) mass is 404 g/mol. The van der Waals surface area contributed by atoms with Gasteiger partial charge in [0.1, 0.15) is 5.82 Å². The van der Waals surface area contributed by atoms with E-state index in [1.165, 1.54) is 0 Å². The van der Waals surface area contributed by atoms with Gasteiger partial charge in [0, 0.05) is 31.2 Å². The average molecular weight is 404 g/mol. The van der Waals surface area contributed by atoms with E-state index in [1.54, 1.807) is 11.2 Å². The fraction of sp³-hybridized carbons (Fsp3) is 0.684. The third-order valence-corrected chi connectivity index (χ3v) is 7.85. The molecule has 0 N–H and O–H groups in total. The minimum absolute atomic E-state index is 0.0492. The normalized spacial score (nSPS) is 23.6. The highest BCUT2D eigenvalue weighted by molar-refractivity contribution is 7.89. The zero-order valence-corrected chi connectivity index (χ0v) is 16.5. The van der Waals surface area contributed by atoms with Crippen LogP contribution in [-0.2, 0) is 16.6 Å². The number of piperidine rings is 2. The second-order valence-corrected chi connectivity index (χ2v) is 9.75. The van der Waals surface area contributed by atoms with Crippen molar-refractivity contribution in [3.8, 4) is 0 Å². The minimum atomic E-state index is -3.17. The number of benzene rings is 1. The molecule has 0 aliphatic carbocycles. The van der Waals surface area contributed by atoms with E-state index >= 15 is 0 Å². The molecule has 0 bridgehead atoms. The number of hydrogen-bond donors (Lipinski definition) is 0. The van der Waals surface area contributed by atoms with Gasteiger partial charge in [-0.15, -0.1) is 0 Å². The lowest BCUT2D eigenvalue weighted by molar-refractivity contribution is 0.0664. The fourth-order valence-electron chi connectivity index (χ4n) is 4.39. The molecule has 0 radical (unpaired) electrons. The van der Waals surface area contributed by atoms with Crippen molar-refractivity contribution in [3.63, 3.8) is 0 Å². The summed E-state index contributed by atoms with van der Waals surface area (Å²) in [6, 6.07) is 1.93. The molecule has 1 aromatic carbocycles. The summed E-state index contributed by atoms with van der Waals surface area (Å²) in [5.41, 5.74) is -0.215. The Kier molecular flexibility index (Phi) is 6.48.